The second-order valence-electron chi connectivity index (χ2n) is 3.11. The summed E-state index contributed by atoms with van der Waals surface area (Å²) in [7, 11) is 0. The zero-order chi connectivity index (χ0) is 9.26. The normalized spacial score (nSPS) is 10.5. The van der Waals surface area contributed by atoms with Crippen molar-refractivity contribution in [2.75, 3.05) is 5.73 Å². The quantitative estimate of drug-likeness (QED) is 0.717. The van der Waals surface area contributed by atoms with E-state index in [0.29, 0.717) is 5.82 Å². The number of rotatable bonds is 1. The predicted molar refractivity (Wildman–Crippen MR) is 55.5 cm³/mol. The topological polar surface area (TPSA) is 38.9 Å². The molecule has 0 aliphatic carbocycles. The van der Waals surface area contributed by atoms with Crippen molar-refractivity contribution in [3.63, 3.8) is 0 Å². The minimum absolute atomic E-state index is 0.611. The maximum atomic E-state index is 5.74. The molecule has 0 aliphatic heterocycles. The number of benzene rings is 1. The summed E-state index contributed by atoms with van der Waals surface area (Å²) in [6.07, 6.45) is 2.80. The van der Waals surface area contributed by atoms with E-state index in [9.17, 15) is 0 Å². The van der Waals surface area contributed by atoms with Crippen molar-refractivity contribution in [3.05, 3.63) is 36.0 Å². The van der Waals surface area contributed by atoms with Crippen LogP contribution in [0.3, 0.4) is 0 Å². The van der Waals surface area contributed by atoms with Crippen molar-refractivity contribution in [2.24, 2.45) is 0 Å². The van der Waals surface area contributed by atoms with E-state index in [1.165, 1.54) is 10.9 Å². The van der Waals surface area contributed by atoms with Gasteiger partial charge < -0.3 is 5.73 Å². The Kier molecular flexibility index (Phi) is 1.89. The summed E-state index contributed by atoms with van der Waals surface area (Å²) >= 11 is 0. The molecule has 0 bridgehead atoms. The van der Waals surface area contributed by atoms with E-state index in [1.54, 1.807) is 6.20 Å². The number of fused-ring (bicyclic) bond motifs is 1. The van der Waals surface area contributed by atoms with Gasteiger partial charge in [0, 0.05) is 11.6 Å². The zero-order valence-corrected chi connectivity index (χ0v) is 7.62. The first-order chi connectivity index (χ1) is 6.31. The van der Waals surface area contributed by atoms with Crippen molar-refractivity contribution < 1.29 is 0 Å². The van der Waals surface area contributed by atoms with Crippen LogP contribution in [-0.4, -0.2) is 4.98 Å². The highest BCUT2D eigenvalue weighted by Crippen LogP contribution is 2.19. The second-order valence-corrected chi connectivity index (χ2v) is 3.11. The molecule has 0 saturated carbocycles. The van der Waals surface area contributed by atoms with Gasteiger partial charge in [0.15, 0.2) is 0 Å². The van der Waals surface area contributed by atoms with E-state index in [4.69, 9.17) is 5.73 Å². The van der Waals surface area contributed by atoms with Crippen LogP contribution in [0.25, 0.3) is 10.8 Å². The van der Waals surface area contributed by atoms with Gasteiger partial charge in [0.1, 0.15) is 5.82 Å². The number of nitrogens with zero attached hydrogens (tertiary/aromatic N) is 1. The summed E-state index contributed by atoms with van der Waals surface area (Å²) in [4.78, 5) is 4.04. The first kappa shape index (κ1) is 8.05. The van der Waals surface area contributed by atoms with Crippen LogP contribution in [0.2, 0.25) is 0 Å². The smallest absolute Gasteiger partial charge is 0.131 e. The summed E-state index contributed by atoms with van der Waals surface area (Å²) in [5.74, 6) is 0.611. The Balaban J connectivity index is 2.72. The van der Waals surface area contributed by atoms with E-state index in [0.717, 1.165) is 11.8 Å². The van der Waals surface area contributed by atoms with Gasteiger partial charge in [0.25, 0.3) is 0 Å². The van der Waals surface area contributed by atoms with Gasteiger partial charge in [-0.15, -0.1) is 0 Å². The van der Waals surface area contributed by atoms with Crippen LogP contribution in [0, 0.1) is 0 Å². The summed E-state index contributed by atoms with van der Waals surface area (Å²) in [5.41, 5.74) is 7.07. The van der Waals surface area contributed by atoms with Gasteiger partial charge in [-0.25, -0.2) is 4.98 Å². The first-order valence-electron chi connectivity index (χ1n) is 4.44. The van der Waals surface area contributed by atoms with Crippen molar-refractivity contribution in [3.8, 4) is 0 Å². The van der Waals surface area contributed by atoms with Gasteiger partial charge in [0.05, 0.1) is 0 Å². The van der Waals surface area contributed by atoms with Crippen molar-refractivity contribution in [1.29, 1.82) is 0 Å². The zero-order valence-electron chi connectivity index (χ0n) is 7.62. The minimum atomic E-state index is 0.611. The highest BCUT2D eigenvalue weighted by atomic mass is 14.8. The van der Waals surface area contributed by atoms with E-state index in [-0.39, 0.29) is 0 Å². The monoisotopic (exact) mass is 172 g/mol. The molecule has 0 radical (unpaired) electrons. The van der Waals surface area contributed by atoms with Crippen LogP contribution < -0.4 is 5.73 Å². The van der Waals surface area contributed by atoms with Crippen LogP contribution in [0.15, 0.2) is 30.5 Å². The molecule has 2 aromatic rings. The Morgan fingerprint density at radius 3 is 2.92 bits per heavy atom. The number of aromatic nitrogens is 1. The third-order valence-corrected chi connectivity index (χ3v) is 2.27. The average molecular weight is 172 g/mol. The molecule has 13 heavy (non-hydrogen) atoms. The third-order valence-electron chi connectivity index (χ3n) is 2.27. The van der Waals surface area contributed by atoms with E-state index in [1.807, 2.05) is 12.1 Å². The molecule has 0 aliphatic rings. The third kappa shape index (κ3) is 1.35. The van der Waals surface area contributed by atoms with Gasteiger partial charge >= 0.3 is 0 Å². The molecule has 66 valence electrons. The molecule has 1 aromatic carbocycles. The number of hydrogen-bond donors (Lipinski definition) is 1. The molecule has 0 atom stereocenters. The Morgan fingerprint density at radius 1 is 1.31 bits per heavy atom. The summed E-state index contributed by atoms with van der Waals surface area (Å²) < 4.78 is 0. The van der Waals surface area contributed by atoms with Gasteiger partial charge in [-0.05, 0) is 23.4 Å². The van der Waals surface area contributed by atoms with Gasteiger partial charge in [-0.3, -0.25) is 0 Å². The van der Waals surface area contributed by atoms with Gasteiger partial charge in [-0.1, -0.05) is 25.1 Å². The lowest BCUT2D eigenvalue weighted by molar-refractivity contribution is 1.15. The predicted octanol–water partition coefficient (Wildman–Crippen LogP) is 2.38. The Hall–Kier alpha value is -1.57. The molecule has 0 spiro atoms. The number of aryl methyl sites for hydroxylation is 1. The number of anilines is 1. The summed E-state index contributed by atoms with van der Waals surface area (Å²) in [5, 5.41) is 2.21. The lowest BCUT2D eigenvalue weighted by Crippen LogP contribution is -1.91. The summed E-state index contributed by atoms with van der Waals surface area (Å²) in [6, 6.07) is 8.29. The standard InChI is InChI=1S/C11H12N2/c1-2-8-3-4-10-9(7-8)5-6-13-11(10)12/h3-7H,2H2,1H3,(H2,12,13). The van der Waals surface area contributed by atoms with Gasteiger partial charge in [0.2, 0.25) is 0 Å². The molecular formula is C11H12N2. The van der Waals surface area contributed by atoms with Crippen LogP contribution in [-0.2, 0) is 6.42 Å². The molecule has 0 unspecified atom stereocenters. The maximum absolute atomic E-state index is 5.74. The number of pyridine rings is 1. The molecule has 1 aromatic heterocycles. The molecule has 2 heteroatoms. The van der Waals surface area contributed by atoms with Crippen LogP contribution in [0.1, 0.15) is 12.5 Å². The molecule has 0 amide bonds. The fourth-order valence-electron chi connectivity index (χ4n) is 1.47. The van der Waals surface area contributed by atoms with Crippen LogP contribution in [0.5, 0.6) is 0 Å². The highest BCUT2D eigenvalue weighted by Gasteiger charge is 1.98. The molecule has 0 saturated heterocycles. The summed E-state index contributed by atoms with van der Waals surface area (Å²) in [6.45, 7) is 2.14. The Labute approximate surface area is 77.4 Å². The number of hydrogen-bond acceptors (Lipinski definition) is 2. The van der Waals surface area contributed by atoms with Crippen molar-refractivity contribution >= 4 is 16.6 Å². The first-order valence-corrected chi connectivity index (χ1v) is 4.44. The average Bonchev–Trinajstić information content (AvgIpc) is 2.18. The Morgan fingerprint density at radius 2 is 2.15 bits per heavy atom. The van der Waals surface area contributed by atoms with Crippen LogP contribution >= 0.6 is 0 Å². The molecule has 0 fully saturated rings. The van der Waals surface area contributed by atoms with Crippen molar-refractivity contribution in [1.82, 2.24) is 4.98 Å². The minimum Gasteiger partial charge on any atom is -0.383 e. The second kappa shape index (κ2) is 3.05. The van der Waals surface area contributed by atoms with E-state index < -0.39 is 0 Å². The number of nitrogen functional groups attached to an aromatic ring is 1. The fourth-order valence-corrected chi connectivity index (χ4v) is 1.47. The molecule has 2 rings (SSSR count). The van der Waals surface area contributed by atoms with E-state index in [2.05, 4.69) is 24.0 Å². The lowest BCUT2D eigenvalue weighted by Gasteiger charge is -2.02. The van der Waals surface area contributed by atoms with Crippen molar-refractivity contribution in [2.45, 2.75) is 13.3 Å². The van der Waals surface area contributed by atoms with Crippen LogP contribution in [0.4, 0.5) is 5.82 Å². The van der Waals surface area contributed by atoms with E-state index >= 15 is 0 Å². The largest absolute Gasteiger partial charge is 0.383 e. The maximum Gasteiger partial charge on any atom is 0.131 e. The molecular weight excluding hydrogens is 160 g/mol. The Bertz CT molecular complexity index is 435. The molecule has 2 N–H and O–H groups in total. The molecule has 2 nitrogen and oxygen atoms in total. The fraction of sp³-hybridized carbons (Fsp3) is 0.182. The SMILES string of the molecule is CCc1ccc2c(N)nccc2c1. The number of nitrogens with two attached hydrogens (primary N) is 1. The van der Waals surface area contributed by atoms with Gasteiger partial charge in [-0.2, -0.15) is 0 Å². The highest BCUT2D eigenvalue weighted by molar-refractivity contribution is 5.91. The lowest BCUT2D eigenvalue weighted by atomic mass is 10.1. The molecule has 1 heterocycles.